The van der Waals surface area contributed by atoms with Crippen molar-refractivity contribution in [1.29, 1.82) is 0 Å². The van der Waals surface area contributed by atoms with Gasteiger partial charge in [0.05, 0.1) is 16.3 Å². The number of carbonyl (C=O) groups is 1. The van der Waals surface area contributed by atoms with Crippen LogP contribution in [0.25, 0.3) is 10.1 Å². The lowest BCUT2D eigenvalue weighted by molar-refractivity contribution is -0.137. The molecule has 1 N–H and O–H groups in total. The lowest BCUT2D eigenvalue weighted by Crippen LogP contribution is -2.06. The highest BCUT2D eigenvalue weighted by Crippen LogP contribution is 2.40. The smallest absolute Gasteiger partial charge is 0.416 e. The number of anilines is 1. The molecule has 0 unspecified atom stereocenters. The molecule has 0 bridgehead atoms. The molecule has 3 aromatic rings. The van der Waals surface area contributed by atoms with Crippen LogP contribution in [0.3, 0.4) is 0 Å². The molecule has 0 aliphatic rings. The minimum absolute atomic E-state index is 0.170. The third-order valence-corrected chi connectivity index (χ3v) is 4.65. The number of thiophene rings is 1. The number of carbonyl (C=O) groups excluding carboxylic acids is 1. The van der Waals surface area contributed by atoms with E-state index in [9.17, 15) is 22.4 Å². The van der Waals surface area contributed by atoms with Crippen LogP contribution in [0.1, 0.15) is 12.5 Å². The number of fused-ring (bicyclic) bond motifs is 1. The molecule has 1 amide bonds. The molecule has 0 spiro atoms. The van der Waals surface area contributed by atoms with Crippen molar-refractivity contribution in [3.05, 3.63) is 52.1 Å². The summed E-state index contributed by atoms with van der Waals surface area (Å²) in [5.74, 6) is -1.82. The molecular formula is C17H10ClF4NO2S. The van der Waals surface area contributed by atoms with Crippen molar-refractivity contribution in [3.63, 3.8) is 0 Å². The van der Waals surface area contributed by atoms with E-state index < -0.39 is 28.3 Å². The first-order chi connectivity index (χ1) is 12.1. The number of alkyl halides is 3. The van der Waals surface area contributed by atoms with Gasteiger partial charge in [0, 0.05) is 22.4 Å². The quantitative estimate of drug-likeness (QED) is 0.509. The van der Waals surface area contributed by atoms with Crippen LogP contribution in [0.5, 0.6) is 11.5 Å². The monoisotopic (exact) mass is 403 g/mol. The topological polar surface area (TPSA) is 38.3 Å². The highest BCUT2D eigenvalue weighted by molar-refractivity contribution is 7.17. The second-order valence-corrected chi connectivity index (χ2v) is 6.68. The molecule has 0 radical (unpaired) electrons. The summed E-state index contributed by atoms with van der Waals surface area (Å²) in [7, 11) is 0. The van der Waals surface area contributed by atoms with E-state index >= 15 is 0 Å². The van der Waals surface area contributed by atoms with Gasteiger partial charge in [-0.3, -0.25) is 4.79 Å². The molecule has 136 valence electrons. The van der Waals surface area contributed by atoms with Gasteiger partial charge in [0.2, 0.25) is 5.91 Å². The predicted octanol–water partition coefficient (Wildman–Crippen LogP) is 6.46. The molecule has 0 atom stereocenters. The maximum absolute atomic E-state index is 14.1. The van der Waals surface area contributed by atoms with E-state index in [2.05, 4.69) is 5.32 Å². The van der Waals surface area contributed by atoms with Gasteiger partial charge in [0.15, 0.2) is 11.6 Å². The largest absolute Gasteiger partial charge is 0.453 e. The summed E-state index contributed by atoms with van der Waals surface area (Å²) in [6.07, 6.45) is -4.72. The molecule has 9 heteroatoms. The lowest BCUT2D eigenvalue weighted by Gasteiger charge is -2.12. The van der Waals surface area contributed by atoms with E-state index in [0.717, 1.165) is 4.70 Å². The van der Waals surface area contributed by atoms with Gasteiger partial charge < -0.3 is 10.1 Å². The number of halogens is 5. The highest BCUT2D eigenvalue weighted by atomic mass is 35.5. The molecule has 0 saturated heterocycles. The molecule has 3 nitrogen and oxygen atoms in total. The summed E-state index contributed by atoms with van der Waals surface area (Å²) in [6.45, 7) is 1.36. The Labute approximate surface area is 154 Å². The van der Waals surface area contributed by atoms with Crippen molar-refractivity contribution in [2.75, 3.05) is 5.32 Å². The average molecular weight is 404 g/mol. The normalized spacial score (nSPS) is 11.6. The SMILES string of the molecule is CC(=O)Nc1csc2ccc(Oc3c(F)cc(C(F)(F)F)cc3Cl)cc12. The van der Waals surface area contributed by atoms with Gasteiger partial charge in [-0.05, 0) is 30.3 Å². The summed E-state index contributed by atoms with van der Waals surface area (Å²) < 4.78 is 58.4. The Morgan fingerprint density at radius 1 is 1.23 bits per heavy atom. The first-order valence-electron chi connectivity index (χ1n) is 7.18. The van der Waals surface area contributed by atoms with Crippen LogP contribution in [0, 0.1) is 5.82 Å². The fraction of sp³-hybridized carbons (Fsp3) is 0.118. The molecular weight excluding hydrogens is 394 g/mol. The number of hydrogen-bond donors (Lipinski definition) is 1. The molecule has 0 fully saturated rings. The van der Waals surface area contributed by atoms with E-state index in [1.165, 1.54) is 24.3 Å². The Hall–Kier alpha value is -2.32. The van der Waals surface area contributed by atoms with E-state index in [-0.39, 0.29) is 11.7 Å². The number of hydrogen-bond acceptors (Lipinski definition) is 3. The molecule has 0 saturated carbocycles. The Morgan fingerprint density at radius 2 is 1.96 bits per heavy atom. The van der Waals surface area contributed by atoms with Gasteiger partial charge in [0.25, 0.3) is 0 Å². The average Bonchev–Trinajstić information content (AvgIpc) is 2.91. The van der Waals surface area contributed by atoms with E-state index in [1.54, 1.807) is 17.5 Å². The molecule has 26 heavy (non-hydrogen) atoms. The molecule has 0 aliphatic carbocycles. The van der Waals surface area contributed by atoms with Crippen LogP contribution in [-0.2, 0) is 11.0 Å². The first kappa shape index (κ1) is 18.5. The number of rotatable bonds is 3. The Morgan fingerprint density at radius 3 is 2.58 bits per heavy atom. The molecule has 1 aromatic heterocycles. The van der Waals surface area contributed by atoms with Gasteiger partial charge in [-0.15, -0.1) is 11.3 Å². The number of ether oxygens (including phenoxy) is 1. The van der Waals surface area contributed by atoms with Crippen LogP contribution in [0.4, 0.5) is 23.2 Å². The Kier molecular flexibility index (Phi) is 4.81. The van der Waals surface area contributed by atoms with Gasteiger partial charge >= 0.3 is 6.18 Å². The maximum atomic E-state index is 14.1. The fourth-order valence-corrected chi connectivity index (χ4v) is 3.42. The zero-order valence-corrected chi connectivity index (χ0v) is 14.7. The van der Waals surface area contributed by atoms with Gasteiger partial charge in [-0.2, -0.15) is 13.2 Å². The number of benzene rings is 2. The van der Waals surface area contributed by atoms with Crippen molar-refractivity contribution in [1.82, 2.24) is 0 Å². The highest BCUT2D eigenvalue weighted by Gasteiger charge is 2.32. The van der Waals surface area contributed by atoms with E-state index in [4.69, 9.17) is 16.3 Å². The summed E-state index contributed by atoms with van der Waals surface area (Å²) in [5.41, 5.74) is -0.643. The molecule has 2 aromatic carbocycles. The molecule has 1 heterocycles. The standard InChI is InChI=1S/C17H10ClF4NO2S/c1-8(24)23-14-7-26-15-3-2-10(6-11(14)15)25-16-12(18)4-9(5-13(16)19)17(20,21)22/h2-7H,1H3,(H,23,24). The zero-order chi connectivity index (χ0) is 19.1. The Bertz CT molecular complexity index is 977. The van der Waals surface area contributed by atoms with E-state index in [1.807, 2.05) is 0 Å². The van der Waals surface area contributed by atoms with Gasteiger partial charge in [-0.1, -0.05) is 11.6 Å². The second-order valence-electron chi connectivity index (χ2n) is 5.36. The summed E-state index contributed by atoms with van der Waals surface area (Å²) in [4.78, 5) is 11.2. The van der Waals surface area contributed by atoms with Crippen LogP contribution in [-0.4, -0.2) is 5.91 Å². The fourth-order valence-electron chi connectivity index (χ4n) is 2.30. The summed E-state index contributed by atoms with van der Waals surface area (Å²) >= 11 is 7.15. The van der Waals surface area contributed by atoms with Crippen LogP contribution in [0.15, 0.2) is 35.7 Å². The second kappa shape index (κ2) is 6.77. The first-order valence-corrected chi connectivity index (χ1v) is 8.44. The number of nitrogens with one attached hydrogen (secondary N) is 1. The summed E-state index contributed by atoms with van der Waals surface area (Å²) in [5, 5.41) is 4.56. The Balaban J connectivity index is 1.97. The van der Waals surface area contributed by atoms with Crippen molar-refractivity contribution in [2.24, 2.45) is 0 Å². The summed E-state index contributed by atoms with van der Waals surface area (Å²) in [6, 6.07) is 5.70. The predicted molar refractivity (Wildman–Crippen MR) is 92.6 cm³/mol. The van der Waals surface area contributed by atoms with E-state index in [0.29, 0.717) is 23.2 Å². The van der Waals surface area contributed by atoms with Crippen LogP contribution < -0.4 is 10.1 Å². The lowest BCUT2D eigenvalue weighted by atomic mass is 10.2. The minimum atomic E-state index is -4.72. The van der Waals surface area contributed by atoms with Crippen molar-refractivity contribution in [3.8, 4) is 11.5 Å². The van der Waals surface area contributed by atoms with Crippen LogP contribution in [0.2, 0.25) is 5.02 Å². The van der Waals surface area contributed by atoms with Gasteiger partial charge in [-0.25, -0.2) is 4.39 Å². The minimum Gasteiger partial charge on any atom is -0.453 e. The molecule has 0 aliphatic heterocycles. The van der Waals surface area contributed by atoms with Crippen molar-refractivity contribution < 1.29 is 27.1 Å². The van der Waals surface area contributed by atoms with Crippen molar-refractivity contribution in [2.45, 2.75) is 13.1 Å². The maximum Gasteiger partial charge on any atom is 0.416 e. The van der Waals surface area contributed by atoms with Gasteiger partial charge in [0.1, 0.15) is 5.75 Å². The number of amides is 1. The van der Waals surface area contributed by atoms with Crippen molar-refractivity contribution >= 4 is 44.6 Å². The van der Waals surface area contributed by atoms with Crippen LogP contribution >= 0.6 is 22.9 Å². The third-order valence-electron chi connectivity index (χ3n) is 3.40. The molecule has 3 rings (SSSR count). The zero-order valence-electron chi connectivity index (χ0n) is 13.1. The third kappa shape index (κ3) is 3.76.